The molecule has 2 amide bonds. The molecule has 1 aliphatic heterocycles. The number of hydrogen-bond acceptors (Lipinski definition) is 3. The van der Waals surface area contributed by atoms with E-state index in [2.05, 4.69) is 5.32 Å². The molecule has 0 spiro atoms. The number of urea groups is 1. The molecule has 1 saturated carbocycles. The van der Waals surface area contributed by atoms with E-state index in [0.29, 0.717) is 0 Å². The average molecular weight is 280 g/mol. The summed E-state index contributed by atoms with van der Waals surface area (Å²) in [7, 11) is -3.74. The molecule has 1 aromatic rings. The van der Waals surface area contributed by atoms with Crippen LogP contribution in [0.1, 0.15) is 24.8 Å². The number of nitrogens with zero attached hydrogens (tertiary/aromatic N) is 1. The first kappa shape index (κ1) is 12.5. The third-order valence-electron chi connectivity index (χ3n) is 3.87. The lowest BCUT2D eigenvalue weighted by Crippen LogP contribution is -2.39. The Bertz CT molecular complexity index is 609. The monoisotopic (exact) mass is 280 g/mol. The van der Waals surface area contributed by atoms with E-state index < -0.39 is 16.1 Å². The molecule has 2 fully saturated rings. The van der Waals surface area contributed by atoms with Gasteiger partial charge in [0.05, 0.1) is 17.0 Å². The van der Waals surface area contributed by atoms with Gasteiger partial charge in [-0.05, 0) is 38.3 Å². The predicted molar refractivity (Wildman–Crippen MR) is 70.2 cm³/mol. The Hall–Kier alpha value is -1.56. The molecule has 0 bridgehead atoms. The van der Waals surface area contributed by atoms with E-state index in [0.717, 1.165) is 29.1 Å². The van der Waals surface area contributed by atoms with Gasteiger partial charge < -0.3 is 5.32 Å². The first-order valence-corrected chi connectivity index (χ1v) is 7.86. The van der Waals surface area contributed by atoms with Crippen molar-refractivity contribution in [3.8, 4) is 0 Å². The largest absolute Gasteiger partial charge is 0.332 e. The van der Waals surface area contributed by atoms with E-state index in [9.17, 15) is 13.2 Å². The van der Waals surface area contributed by atoms with Crippen LogP contribution in [0.3, 0.4) is 0 Å². The molecule has 1 saturated heterocycles. The summed E-state index contributed by atoms with van der Waals surface area (Å²) in [6, 6.07) is 5.86. The van der Waals surface area contributed by atoms with Gasteiger partial charge in [0.25, 0.3) is 10.0 Å². The van der Waals surface area contributed by atoms with Crippen LogP contribution in [0.5, 0.6) is 0 Å². The molecular weight excluding hydrogens is 264 g/mol. The van der Waals surface area contributed by atoms with Crippen LogP contribution in [0.4, 0.5) is 4.79 Å². The normalized spacial score (nSPS) is 26.4. The minimum atomic E-state index is -3.74. The second-order valence-electron chi connectivity index (χ2n) is 5.17. The number of amides is 2. The Morgan fingerprint density at radius 1 is 1.21 bits per heavy atom. The van der Waals surface area contributed by atoms with Crippen molar-refractivity contribution in [2.45, 2.75) is 43.2 Å². The number of hydrogen-bond donors (Lipinski definition) is 1. The smallest absolute Gasteiger partial charge is 0.331 e. The first-order chi connectivity index (χ1) is 9.00. The van der Waals surface area contributed by atoms with Crippen molar-refractivity contribution < 1.29 is 13.2 Å². The van der Waals surface area contributed by atoms with E-state index >= 15 is 0 Å². The SMILES string of the molecule is Cc1ccc(S(=O)(=O)N2C(=O)N[C@@H]3CCC[C@@H]32)cc1. The van der Waals surface area contributed by atoms with Gasteiger partial charge in [-0.1, -0.05) is 17.7 Å². The van der Waals surface area contributed by atoms with E-state index in [-0.39, 0.29) is 17.0 Å². The molecule has 0 unspecified atom stereocenters. The lowest BCUT2D eigenvalue weighted by molar-refractivity contribution is 0.230. The molecule has 1 aliphatic carbocycles. The Morgan fingerprint density at radius 2 is 1.89 bits per heavy atom. The van der Waals surface area contributed by atoms with E-state index in [1.165, 1.54) is 0 Å². The van der Waals surface area contributed by atoms with Crippen LogP contribution in [-0.4, -0.2) is 30.8 Å². The number of fused-ring (bicyclic) bond motifs is 1. The van der Waals surface area contributed by atoms with Crippen LogP contribution in [0.15, 0.2) is 29.2 Å². The van der Waals surface area contributed by atoms with Crippen LogP contribution < -0.4 is 5.32 Å². The Labute approximate surface area is 112 Å². The van der Waals surface area contributed by atoms with Gasteiger partial charge in [0.15, 0.2) is 0 Å². The predicted octanol–water partition coefficient (Wildman–Crippen LogP) is 1.63. The highest BCUT2D eigenvalue weighted by Gasteiger charge is 2.48. The van der Waals surface area contributed by atoms with Crippen LogP contribution in [0.25, 0.3) is 0 Å². The molecule has 5 nitrogen and oxygen atoms in total. The fraction of sp³-hybridized carbons (Fsp3) is 0.462. The average Bonchev–Trinajstić information content (AvgIpc) is 2.88. The highest BCUT2D eigenvalue weighted by Crippen LogP contribution is 2.33. The molecule has 102 valence electrons. The first-order valence-electron chi connectivity index (χ1n) is 6.42. The Balaban J connectivity index is 2.00. The van der Waals surface area contributed by atoms with Crippen LogP contribution >= 0.6 is 0 Å². The summed E-state index contributed by atoms with van der Waals surface area (Å²) in [5.41, 5.74) is 0.989. The summed E-state index contributed by atoms with van der Waals surface area (Å²) in [4.78, 5) is 12.1. The van der Waals surface area contributed by atoms with E-state index in [1.807, 2.05) is 6.92 Å². The van der Waals surface area contributed by atoms with Gasteiger partial charge in [-0.3, -0.25) is 0 Å². The number of aryl methyl sites for hydroxylation is 1. The zero-order valence-electron chi connectivity index (χ0n) is 10.7. The van der Waals surface area contributed by atoms with Crippen molar-refractivity contribution in [2.24, 2.45) is 0 Å². The highest BCUT2D eigenvalue weighted by molar-refractivity contribution is 7.89. The summed E-state index contributed by atoms with van der Waals surface area (Å²) in [5, 5.41) is 2.76. The number of sulfonamides is 1. The van der Waals surface area contributed by atoms with Crippen LogP contribution in [-0.2, 0) is 10.0 Å². The van der Waals surface area contributed by atoms with Gasteiger partial charge in [0, 0.05) is 0 Å². The summed E-state index contributed by atoms with van der Waals surface area (Å²) in [6.45, 7) is 1.89. The van der Waals surface area contributed by atoms with Gasteiger partial charge in [0.1, 0.15) is 0 Å². The second kappa shape index (κ2) is 4.23. The number of benzene rings is 1. The van der Waals surface area contributed by atoms with E-state index in [4.69, 9.17) is 0 Å². The van der Waals surface area contributed by atoms with Gasteiger partial charge >= 0.3 is 6.03 Å². The minimum absolute atomic E-state index is 0.0206. The van der Waals surface area contributed by atoms with Crippen molar-refractivity contribution in [3.63, 3.8) is 0 Å². The third-order valence-corrected chi connectivity index (χ3v) is 5.69. The van der Waals surface area contributed by atoms with Gasteiger partial charge in [-0.2, -0.15) is 0 Å². The molecule has 0 aromatic heterocycles. The van der Waals surface area contributed by atoms with Crippen molar-refractivity contribution >= 4 is 16.1 Å². The summed E-state index contributed by atoms with van der Waals surface area (Å²) in [6.07, 6.45) is 2.56. The third kappa shape index (κ3) is 1.90. The number of nitrogens with one attached hydrogen (secondary N) is 1. The molecule has 1 heterocycles. The zero-order chi connectivity index (χ0) is 13.6. The van der Waals surface area contributed by atoms with Crippen molar-refractivity contribution in [1.82, 2.24) is 9.62 Å². The van der Waals surface area contributed by atoms with Gasteiger partial charge in [-0.15, -0.1) is 0 Å². The van der Waals surface area contributed by atoms with E-state index in [1.54, 1.807) is 24.3 Å². The fourth-order valence-electron chi connectivity index (χ4n) is 2.87. The summed E-state index contributed by atoms with van der Waals surface area (Å²) >= 11 is 0. The zero-order valence-corrected chi connectivity index (χ0v) is 11.5. The molecule has 2 aliphatic rings. The van der Waals surface area contributed by atoms with Gasteiger partial charge in [-0.25, -0.2) is 17.5 Å². The van der Waals surface area contributed by atoms with Crippen LogP contribution in [0.2, 0.25) is 0 Å². The van der Waals surface area contributed by atoms with Crippen molar-refractivity contribution in [2.75, 3.05) is 0 Å². The lowest BCUT2D eigenvalue weighted by Gasteiger charge is -2.21. The van der Waals surface area contributed by atoms with Crippen LogP contribution in [0, 0.1) is 6.92 Å². The summed E-state index contributed by atoms with van der Waals surface area (Å²) in [5.74, 6) is 0. The number of rotatable bonds is 2. The lowest BCUT2D eigenvalue weighted by atomic mass is 10.2. The number of carbonyl (C=O) groups is 1. The van der Waals surface area contributed by atoms with Gasteiger partial charge in [0.2, 0.25) is 0 Å². The molecular formula is C13H16N2O3S. The van der Waals surface area contributed by atoms with Crippen molar-refractivity contribution in [3.05, 3.63) is 29.8 Å². The molecule has 3 rings (SSSR count). The molecule has 1 N–H and O–H groups in total. The Kier molecular flexibility index (Phi) is 2.78. The molecule has 0 radical (unpaired) electrons. The maximum atomic E-state index is 12.6. The quantitative estimate of drug-likeness (QED) is 0.895. The highest BCUT2D eigenvalue weighted by atomic mass is 32.2. The topological polar surface area (TPSA) is 66.5 Å². The second-order valence-corrected chi connectivity index (χ2v) is 6.98. The molecule has 2 atom stereocenters. The number of carbonyl (C=O) groups excluding carboxylic acids is 1. The Morgan fingerprint density at radius 3 is 2.58 bits per heavy atom. The molecule has 6 heteroatoms. The molecule has 19 heavy (non-hydrogen) atoms. The minimum Gasteiger partial charge on any atom is -0.332 e. The summed E-state index contributed by atoms with van der Waals surface area (Å²) < 4.78 is 26.2. The fourth-order valence-corrected chi connectivity index (χ4v) is 4.46. The maximum absolute atomic E-state index is 12.6. The maximum Gasteiger partial charge on any atom is 0.331 e. The standard InChI is InChI=1S/C13H16N2O3S/c1-9-5-7-10(8-6-9)19(17,18)15-12-4-2-3-11(12)14-13(15)16/h5-8,11-12H,2-4H2,1H3,(H,14,16)/t11-,12+/m1/s1. The van der Waals surface area contributed by atoms with Crippen molar-refractivity contribution in [1.29, 1.82) is 0 Å². The molecule has 1 aromatic carbocycles.